The molecule has 2 heterocycles. The summed E-state index contributed by atoms with van der Waals surface area (Å²) in [4.78, 5) is 13.6. The Balaban J connectivity index is 1.81. The number of nitrogens with one attached hydrogen (secondary N) is 1. The minimum Gasteiger partial charge on any atom is -0.330 e. The molecular weight excluding hydrogens is 328 g/mol. The molecule has 1 N–H and O–H groups in total. The van der Waals surface area contributed by atoms with Crippen molar-refractivity contribution in [1.82, 2.24) is 4.90 Å². The SMILES string of the molecule is O=C(Nc1cccc(F)c1F)C1=CN2CCS(=O)(=O)N=C2C=C1. The lowest BCUT2D eigenvalue weighted by Crippen LogP contribution is -2.37. The maximum atomic E-state index is 13.6. The summed E-state index contributed by atoms with van der Waals surface area (Å²) < 4.78 is 53.1. The van der Waals surface area contributed by atoms with Crippen LogP contribution in [0.3, 0.4) is 0 Å². The summed E-state index contributed by atoms with van der Waals surface area (Å²) in [6.07, 6.45) is 4.16. The molecule has 0 saturated carbocycles. The lowest BCUT2D eigenvalue weighted by molar-refractivity contribution is -0.112. The number of rotatable bonds is 2. The average Bonchev–Trinajstić information content (AvgIpc) is 2.50. The van der Waals surface area contributed by atoms with Crippen LogP contribution in [-0.2, 0) is 14.8 Å². The smallest absolute Gasteiger partial charge is 0.257 e. The van der Waals surface area contributed by atoms with Crippen molar-refractivity contribution in [2.24, 2.45) is 4.40 Å². The molecule has 0 aromatic heterocycles. The first-order valence-electron chi connectivity index (χ1n) is 6.60. The van der Waals surface area contributed by atoms with Crippen molar-refractivity contribution in [1.29, 1.82) is 0 Å². The van der Waals surface area contributed by atoms with Gasteiger partial charge < -0.3 is 10.2 Å². The Hall–Kier alpha value is -2.55. The van der Waals surface area contributed by atoms with Crippen LogP contribution in [0.25, 0.3) is 0 Å². The van der Waals surface area contributed by atoms with Crippen molar-refractivity contribution in [3.8, 4) is 0 Å². The van der Waals surface area contributed by atoms with Gasteiger partial charge in [0.15, 0.2) is 11.6 Å². The molecular formula is C14H11F2N3O3S. The van der Waals surface area contributed by atoms with E-state index >= 15 is 0 Å². The highest BCUT2D eigenvalue weighted by Gasteiger charge is 2.25. The van der Waals surface area contributed by atoms with Crippen LogP contribution in [0.4, 0.5) is 14.5 Å². The molecule has 1 aromatic carbocycles. The minimum atomic E-state index is -3.48. The molecule has 0 fully saturated rings. The zero-order valence-electron chi connectivity index (χ0n) is 11.7. The lowest BCUT2D eigenvalue weighted by atomic mass is 10.1. The van der Waals surface area contributed by atoms with E-state index in [4.69, 9.17) is 0 Å². The summed E-state index contributed by atoms with van der Waals surface area (Å²) >= 11 is 0. The zero-order chi connectivity index (χ0) is 16.6. The van der Waals surface area contributed by atoms with Gasteiger partial charge in [-0.25, -0.2) is 17.2 Å². The number of fused-ring (bicyclic) bond motifs is 1. The van der Waals surface area contributed by atoms with Gasteiger partial charge in [0.1, 0.15) is 5.84 Å². The Bertz CT molecular complexity index is 875. The molecule has 0 saturated heterocycles. The van der Waals surface area contributed by atoms with Crippen LogP contribution in [0.1, 0.15) is 0 Å². The first-order valence-corrected chi connectivity index (χ1v) is 8.21. The summed E-state index contributed by atoms with van der Waals surface area (Å²) in [5.74, 6) is -2.80. The lowest BCUT2D eigenvalue weighted by Gasteiger charge is -2.26. The molecule has 0 aliphatic carbocycles. The van der Waals surface area contributed by atoms with Crippen molar-refractivity contribution < 1.29 is 22.0 Å². The molecule has 3 rings (SSSR count). The van der Waals surface area contributed by atoms with Crippen molar-refractivity contribution in [2.75, 3.05) is 17.6 Å². The molecule has 120 valence electrons. The van der Waals surface area contributed by atoms with E-state index in [9.17, 15) is 22.0 Å². The van der Waals surface area contributed by atoms with Gasteiger partial charge in [0.05, 0.1) is 17.0 Å². The van der Waals surface area contributed by atoms with Crippen LogP contribution < -0.4 is 5.32 Å². The van der Waals surface area contributed by atoms with Gasteiger partial charge in [-0.1, -0.05) is 6.07 Å². The zero-order valence-corrected chi connectivity index (χ0v) is 12.5. The van der Waals surface area contributed by atoms with E-state index in [0.717, 1.165) is 6.07 Å². The van der Waals surface area contributed by atoms with Crippen LogP contribution in [0.2, 0.25) is 0 Å². The standard InChI is InChI=1S/C14H11F2N3O3S/c15-10-2-1-3-11(13(10)16)17-14(20)9-4-5-12-18-23(21,22)7-6-19(12)8-9/h1-5,8H,6-7H2,(H,17,20). The van der Waals surface area contributed by atoms with Gasteiger partial charge in [-0.15, -0.1) is 4.40 Å². The van der Waals surface area contributed by atoms with E-state index < -0.39 is 27.6 Å². The second-order valence-electron chi connectivity index (χ2n) is 4.90. The fraction of sp³-hybridized carbons (Fsp3) is 0.143. The molecule has 1 aromatic rings. The molecule has 23 heavy (non-hydrogen) atoms. The highest BCUT2D eigenvalue weighted by atomic mass is 32.2. The topological polar surface area (TPSA) is 78.8 Å². The van der Waals surface area contributed by atoms with Crippen molar-refractivity contribution >= 4 is 27.5 Å². The van der Waals surface area contributed by atoms with Gasteiger partial charge in [-0.05, 0) is 24.3 Å². The van der Waals surface area contributed by atoms with Gasteiger partial charge in [-0.3, -0.25) is 4.79 Å². The van der Waals surface area contributed by atoms with Gasteiger partial charge >= 0.3 is 0 Å². The number of sulfonamides is 1. The summed E-state index contributed by atoms with van der Waals surface area (Å²) in [6.45, 7) is 0.163. The normalized spacial score (nSPS) is 18.8. The number of anilines is 1. The van der Waals surface area contributed by atoms with Gasteiger partial charge in [0.25, 0.3) is 15.9 Å². The Labute approximate surface area is 130 Å². The third-order valence-corrected chi connectivity index (χ3v) is 4.45. The quantitative estimate of drug-likeness (QED) is 0.883. The molecule has 1 amide bonds. The van der Waals surface area contributed by atoms with Crippen LogP contribution in [0, 0.1) is 11.6 Å². The molecule has 9 heteroatoms. The van der Waals surface area contributed by atoms with E-state index in [0.29, 0.717) is 0 Å². The number of amidine groups is 1. The Kier molecular flexibility index (Phi) is 3.72. The summed E-state index contributed by atoms with van der Waals surface area (Å²) in [5, 5.41) is 2.27. The molecule has 2 aliphatic rings. The maximum Gasteiger partial charge on any atom is 0.257 e. The Morgan fingerprint density at radius 2 is 2.04 bits per heavy atom. The number of hydrogen-bond acceptors (Lipinski definition) is 4. The van der Waals surface area contributed by atoms with Crippen molar-refractivity contribution in [3.05, 3.63) is 53.8 Å². The monoisotopic (exact) mass is 339 g/mol. The van der Waals surface area contributed by atoms with Gasteiger partial charge in [0.2, 0.25) is 0 Å². The number of benzene rings is 1. The number of nitrogens with zero attached hydrogens (tertiary/aromatic N) is 2. The molecule has 2 aliphatic heterocycles. The molecule has 0 unspecified atom stereocenters. The van der Waals surface area contributed by atoms with E-state index in [1.54, 1.807) is 0 Å². The molecule has 0 bridgehead atoms. The van der Waals surface area contributed by atoms with Crippen LogP contribution in [0.15, 0.2) is 46.5 Å². The second-order valence-corrected chi connectivity index (χ2v) is 6.66. The second kappa shape index (κ2) is 5.58. The van der Waals surface area contributed by atoms with E-state index in [1.807, 2.05) is 0 Å². The van der Waals surface area contributed by atoms with Crippen LogP contribution >= 0.6 is 0 Å². The third kappa shape index (κ3) is 3.14. The van der Waals surface area contributed by atoms with E-state index in [-0.39, 0.29) is 29.4 Å². The fourth-order valence-corrected chi connectivity index (χ4v) is 3.10. The molecule has 0 spiro atoms. The van der Waals surface area contributed by atoms with Crippen molar-refractivity contribution in [3.63, 3.8) is 0 Å². The first-order chi connectivity index (χ1) is 10.9. The summed E-state index contributed by atoms with van der Waals surface area (Å²) in [5.41, 5.74) is -0.100. The number of carbonyl (C=O) groups is 1. The number of carbonyl (C=O) groups excluding carboxylic acids is 1. The van der Waals surface area contributed by atoms with Gasteiger partial charge in [-0.2, -0.15) is 0 Å². The molecule has 6 nitrogen and oxygen atoms in total. The minimum absolute atomic E-state index is 0.158. The molecule has 0 atom stereocenters. The molecule has 0 radical (unpaired) electrons. The largest absolute Gasteiger partial charge is 0.330 e. The van der Waals surface area contributed by atoms with Crippen molar-refractivity contribution in [2.45, 2.75) is 0 Å². The number of amides is 1. The number of halogens is 2. The van der Waals surface area contributed by atoms with Crippen LogP contribution in [0.5, 0.6) is 0 Å². The summed E-state index contributed by atoms with van der Waals surface area (Å²) in [6, 6.07) is 3.46. The fourth-order valence-electron chi connectivity index (χ4n) is 2.13. The highest BCUT2D eigenvalue weighted by molar-refractivity contribution is 7.90. The predicted octanol–water partition coefficient (Wildman–Crippen LogP) is 1.40. The highest BCUT2D eigenvalue weighted by Crippen LogP contribution is 2.20. The Morgan fingerprint density at radius 3 is 2.83 bits per heavy atom. The van der Waals surface area contributed by atoms with Crippen LogP contribution in [-0.4, -0.2) is 37.4 Å². The maximum absolute atomic E-state index is 13.6. The summed E-state index contributed by atoms with van der Waals surface area (Å²) in [7, 11) is -3.48. The van der Waals surface area contributed by atoms with E-state index in [1.165, 1.54) is 35.4 Å². The average molecular weight is 339 g/mol. The number of hydrogen-bond donors (Lipinski definition) is 1. The third-order valence-electron chi connectivity index (χ3n) is 3.29. The van der Waals surface area contributed by atoms with E-state index in [2.05, 4.69) is 9.71 Å². The van der Waals surface area contributed by atoms with Gasteiger partial charge in [0, 0.05) is 12.7 Å². The first kappa shape index (κ1) is 15.3. The predicted molar refractivity (Wildman–Crippen MR) is 80.1 cm³/mol. The Morgan fingerprint density at radius 1 is 1.26 bits per heavy atom.